The highest BCUT2D eigenvalue weighted by Gasteiger charge is 2.19. The monoisotopic (exact) mass is 228 g/mol. The molecule has 1 aromatic heterocycles. The molecule has 0 aliphatic carbocycles. The van der Waals surface area contributed by atoms with Crippen LogP contribution in [-0.2, 0) is 11.2 Å². The second kappa shape index (κ2) is 3.66. The Bertz CT molecular complexity index is 610. The number of fused-ring (bicyclic) bond motifs is 1. The predicted octanol–water partition coefficient (Wildman–Crippen LogP) is 2.38. The first-order chi connectivity index (χ1) is 8.22. The highest BCUT2D eigenvalue weighted by Crippen LogP contribution is 2.26. The number of carbonyl (C=O) groups is 1. The van der Waals surface area contributed by atoms with Gasteiger partial charge in [-0.05, 0) is 23.8 Å². The molecule has 17 heavy (non-hydrogen) atoms. The van der Waals surface area contributed by atoms with Crippen molar-refractivity contribution in [1.29, 1.82) is 0 Å². The van der Waals surface area contributed by atoms with Gasteiger partial charge in [0.1, 0.15) is 11.6 Å². The minimum absolute atomic E-state index is 0.0520. The van der Waals surface area contributed by atoms with E-state index in [-0.39, 0.29) is 11.7 Å². The highest BCUT2D eigenvalue weighted by molar-refractivity contribution is 5.98. The zero-order valence-corrected chi connectivity index (χ0v) is 8.90. The molecule has 0 saturated carbocycles. The molecule has 4 heteroatoms. The van der Waals surface area contributed by atoms with Crippen LogP contribution in [0, 0.1) is 5.82 Å². The molecule has 0 fully saturated rings. The third-order valence-corrected chi connectivity index (χ3v) is 2.73. The molecule has 3 nitrogen and oxygen atoms in total. The predicted molar refractivity (Wildman–Crippen MR) is 62.0 cm³/mol. The number of halogens is 1. The van der Waals surface area contributed by atoms with Crippen LogP contribution in [0.2, 0.25) is 0 Å². The number of anilines is 1. The van der Waals surface area contributed by atoms with Gasteiger partial charge in [0.25, 0.3) is 0 Å². The first-order valence-electron chi connectivity index (χ1n) is 5.27. The number of hydrogen-bond acceptors (Lipinski definition) is 2. The molecule has 1 aliphatic rings. The van der Waals surface area contributed by atoms with Crippen LogP contribution in [0.5, 0.6) is 0 Å². The number of pyridine rings is 1. The Morgan fingerprint density at radius 2 is 2.12 bits per heavy atom. The molecular formula is C13H9FN2O. The summed E-state index contributed by atoms with van der Waals surface area (Å²) in [6, 6.07) is 8.19. The van der Waals surface area contributed by atoms with Gasteiger partial charge in [0.15, 0.2) is 0 Å². The largest absolute Gasteiger partial charge is 0.310 e. The van der Waals surface area contributed by atoms with Crippen molar-refractivity contribution in [2.45, 2.75) is 6.42 Å². The topological polar surface area (TPSA) is 42.0 Å². The van der Waals surface area contributed by atoms with Crippen LogP contribution in [0.15, 0.2) is 36.5 Å². The lowest BCUT2D eigenvalue weighted by Crippen LogP contribution is -2.04. The van der Waals surface area contributed by atoms with E-state index in [1.807, 2.05) is 12.1 Å². The minimum Gasteiger partial charge on any atom is -0.310 e. The van der Waals surface area contributed by atoms with Crippen LogP contribution >= 0.6 is 0 Å². The standard InChI is InChI=1S/C13H9FN2O/c14-11-3-1-2-8(5-11)10-4-9-6-12(17)16-13(9)15-7-10/h1-5,7H,6H2,(H,15,16,17). The van der Waals surface area contributed by atoms with Crippen LogP contribution in [0.25, 0.3) is 11.1 Å². The summed E-state index contributed by atoms with van der Waals surface area (Å²) < 4.78 is 13.1. The average molecular weight is 228 g/mol. The molecule has 2 heterocycles. The number of nitrogens with one attached hydrogen (secondary N) is 1. The van der Waals surface area contributed by atoms with E-state index in [2.05, 4.69) is 10.3 Å². The third-order valence-electron chi connectivity index (χ3n) is 2.73. The van der Waals surface area contributed by atoms with Gasteiger partial charge in [-0.25, -0.2) is 9.37 Å². The van der Waals surface area contributed by atoms with Gasteiger partial charge in [-0.15, -0.1) is 0 Å². The lowest BCUT2D eigenvalue weighted by Gasteiger charge is -2.03. The Balaban J connectivity index is 2.06. The maximum Gasteiger partial charge on any atom is 0.230 e. The van der Waals surface area contributed by atoms with Gasteiger partial charge in [0, 0.05) is 17.3 Å². The zero-order chi connectivity index (χ0) is 11.8. The number of hydrogen-bond donors (Lipinski definition) is 1. The van der Waals surface area contributed by atoms with Crippen molar-refractivity contribution >= 4 is 11.7 Å². The number of amides is 1. The first-order valence-corrected chi connectivity index (χ1v) is 5.27. The zero-order valence-electron chi connectivity index (χ0n) is 8.90. The summed E-state index contributed by atoms with van der Waals surface area (Å²) in [5.41, 5.74) is 2.44. The van der Waals surface area contributed by atoms with E-state index in [0.29, 0.717) is 12.2 Å². The summed E-state index contributed by atoms with van der Waals surface area (Å²) in [6.07, 6.45) is 1.98. The molecule has 1 amide bonds. The molecule has 0 radical (unpaired) electrons. The molecule has 0 bridgehead atoms. The van der Waals surface area contributed by atoms with Gasteiger partial charge in [-0.3, -0.25) is 4.79 Å². The van der Waals surface area contributed by atoms with E-state index in [4.69, 9.17) is 0 Å². The summed E-state index contributed by atoms with van der Waals surface area (Å²) in [5, 5.41) is 2.66. The molecule has 1 aromatic carbocycles. The summed E-state index contributed by atoms with van der Waals surface area (Å²) in [7, 11) is 0. The molecule has 1 aliphatic heterocycles. The van der Waals surface area contributed by atoms with E-state index in [0.717, 1.165) is 16.7 Å². The molecule has 2 aromatic rings. The number of carbonyl (C=O) groups excluding carboxylic acids is 1. The molecule has 3 rings (SSSR count). The van der Waals surface area contributed by atoms with E-state index >= 15 is 0 Å². The number of nitrogens with zero attached hydrogens (tertiary/aromatic N) is 1. The van der Waals surface area contributed by atoms with Crippen molar-refractivity contribution in [2.75, 3.05) is 5.32 Å². The van der Waals surface area contributed by atoms with E-state index < -0.39 is 0 Å². The Morgan fingerprint density at radius 3 is 2.94 bits per heavy atom. The fourth-order valence-corrected chi connectivity index (χ4v) is 1.93. The Hall–Kier alpha value is -2.23. The summed E-state index contributed by atoms with van der Waals surface area (Å²) in [4.78, 5) is 15.4. The van der Waals surface area contributed by atoms with Gasteiger partial charge in [0.05, 0.1) is 6.42 Å². The van der Waals surface area contributed by atoms with Crippen LogP contribution in [-0.4, -0.2) is 10.9 Å². The lowest BCUT2D eigenvalue weighted by molar-refractivity contribution is -0.115. The van der Waals surface area contributed by atoms with Crippen molar-refractivity contribution in [3.8, 4) is 11.1 Å². The lowest BCUT2D eigenvalue weighted by atomic mass is 10.1. The van der Waals surface area contributed by atoms with Crippen molar-refractivity contribution in [2.24, 2.45) is 0 Å². The van der Waals surface area contributed by atoms with E-state index in [1.54, 1.807) is 12.3 Å². The molecule has 0 spiro atoms. The average Bonchev–Trinajstić information content (AvgIpc) is 2.68. The van der Waals surface area contributed by atoms with E-state index in [1.165, 1.54) is 12.1 Å². The second-order valence-electron chi connectivity index (χ2n) is 3.97. The van der Waals surface area contributed by atoms with Crippen molar-refractivity contribution in [1.82, 2.24) is 4.98 Å². The van der Waals surface area contributed by atoms with Crippen LogP contribution in [0.4, 0.5) is 10.2 Å². The van der Waals surface area contributed by atoms with Gasteiger partial charge in [-0.1, -0.05) is 12.1 Å². The van der Waals surface area contributed by atoms with Crippen molar-refractivity contribution in [3.05, 3.63) is 47.9 Å². The normalized spacial score (nSPS) is 13.4. The summed E-state index contributed by atoms with van der Waals surface area (Å²) in [5.74, 6) is 0.274. The maximum absolute atomic E-state index is 13.1. The van der Waals surface area contributed by atoms with Gasteiger partial charge < -0.3 is 5.32 Å². The fourth-order valence-electron chi connectivity index (χ4n) is 1.93. The van der Waals surface area contributed by atoms with Gasteiger partial charge in [0.2, 0.25) is 5.91 Å². The second-order valence-corrected chi connectivity index (χ2v) is 3.97. The molecule has 0 unspecified atom stereocenters. The molecule has 84 valence electrons. The Labute approximate surface area is 97.3 Å². The fraction of sp³-hybridized carbons (Fsp3) is 0.0769. The number of benzene rings is 1. The number of aromatic nitrogens is 1. The molecular weight excluding hydrogens is 219 g/mol. The number of rotatable bonds is 1. The minimum atomic E-state index is -0.280. The third kappa shape index (κ3) is 1.78. The van der Waals surface area contributed by atoms with Crippen molar-refractivity contribution in [3.63, 3.8) is 0 Å². The summed E-state index contributed by atoms with van der Waals surface area (Å²) >= 11 is 0. The van der Waals surface area contributed by atoms with Crippen LogP contribution in [0.3, 0.4) is 0 Å². The maximum atomic E-state index is 13.1. The van der Waals surface area contributed by atoms with Crippen molar-refractivity contribution < 1.29 is 9.18 Å². The van der Waals surface area contributed by atoms with Crippen LogP contribution < -0.4 is 5.32 Å². The highest BCUT2D eigenvalue weighted by atomic mass is 19.1. The summed E-state index contributed by atoms with van der Waals surface area (Å²) in [6.45, 7) is 0. The van der Waals surface area contributed by atoms with Gasteiger partial charge in [-0.2, -0.15) is 0 Å². The molecule has 0 saturated heterocycles. The van der Waals surface area contributed by atoms with Gasteiger partial charge >= 0.3 is 0 Å². The molecule has 0 atom stereocenters. The molecule has 1 N–H and O–H groups in total. The first kappa shape index (κ1) is 9.96. The Kier molecular flexibility index (Phi) is 2.14. The smallest absolute Gasteiger partial charge is 0.230 e. The van der Waals surface area contributed by atoms with Crippen LogP contribution in [0.1, 0.15) is 5.56 Å². The van der Waals surface area contributed by atoms with E-state index in [9.17, 15) is 9.18 Å². The Morgan fingerprint density at radius 1 is 1.24 bits per heavy atom. The quantitative estimate of drug-likeness (QED) is 0.814. The SMILES string of the molecule is O=C1Cc2cc(-c3cccc(F)c3)cnc2N1.